The molecule has 4 heteroatoms. The molecular weight excluding hydrogens is 197 g/mol. The highest BCUT2D eigenvalue weighted by Gasteiger charge is 2.08. The van der Waals surface area contributed by atoms with Gasteiger partial charge in [-0.2, -0.15) is 0 Å². The van der Waals surface area contributed by atoms with Gasteiger partial charge < -0.3 is 10.1 Å². The van der Waals surface area contributed by atoms with Crippen LogP contribution >= 0.6 is 0 Å². The Bertz CT molecular complexity index is 410. The van der Waals surface area contributed by atoms with Crippen LogP contribution in [0.4, 0.5) is 4.39 Å². The van der Waals surface area contributed by atoms with E-state index in [2.05, 4.69) is 11.2 Å². The summed E-state index contributed by atoms with van der Waals surface area (Å²) in [6, 6.07) is 3.96. The van der Waals surface area contributed by atoms with Gasteiger partial charge in [-0.3, -0.25) is 4.79 Å². The van der Waals surface area contributed by atoms with Gasteiger partial charge >= 0.3 is 0 Å². The smallest absolute Gasteiger partial charge is 0.252 e. The molecule has 0 radical (unpaired) electrons. The van der Waals surface area contributed by atoms with Crippen molar-refractivity contribution in [3.8, 4) is 18.1 Å². The van der Waals surface area contributed by atoms with E-state index in [1.165, 1.54) is 19.2 Å². The Balaban J connectivity index is 2.84. The van der Waals surface area contributed by atoms with E-state index in [9.17, 15) is 9.18 Å². The van der Waals surface area contributed by atoms with Crippen molar-refractivity contribution in [3.05, 3.63) is 29.6 Å². The maximum Gasteiger partial charge on any atom is 0.252 e. The van der Waals surface area contributed by atoms with E-state index in [0.29, 0.717) is 0 Å². The van der Waals surface area contributed by atoms with E-state index in [-0.39, 0.29) is 17.9 Å². The van der Waals surface area contributed by atoms with Gasteiger partial charge in [0, 0.05) is 5.56 Å². The fourth-order valence-corrected chi connectivity index (χ4v) is 1.04. The number of rotatable bonds is 3. The van der Waals surface area contributed by atoms with Crippen LogP contribution in [0.15, 0.2) is 18.2 Å². The predicted octanol–water partition coefficient (Wildman–Crippen LogP) is 1.20. The van der Waals surface area contributed by atoms with Crippen LogP contribution in [-0.2, 0) is 0 Å². The molecule has 0 saturated heterocycles. The molecule has 78 valence electrons. The number of benzene rings is 1. The van der Waals surface area contributed by atoms with E-state index in [0.717, 1.165) is 6.07 Å². The lowest BCUT2D eigenvalue weighted by molar-refractivity contribution is 0.0958. The number of terminal acetylenes is 1. The van der Waals surface area contributed by atoms with Gasteiger partial charge in [0.15, 0.2) is 11.6 Å². The topological polar surface area (TPSA) is 38.3 Å². The van der Waals surface area contributed by atoms with Crippen LogP contribution < -0.4 is 10.1 Å². The van der Waals surface area contributed by atoms with Crippen LogP contribution in [0.5, 0.6) is 5.75 Å². The molecule has 0 spiro atoms. The van der Waals surface area contributed by atoms with Gasteiger partial charge in [0.25, 0.3) is 5.91 Å². The van der Waals surface area contributed by atoms with Gasteiger partial charge in [-0.15, -0.1) is 6.42 Å². The molecule has 15 heavy (non-hydrogen) atoms. The second-order valence-corrected chi connectivity index (χ2v) is 2.74. The van der Waals surface area contributed by atoms with Crippen molar-refractivity contribution in [1.29, 1.82) is 0 Å². The van der Waals surface area contributed by atoms with E-state index in [1.54, 1.807) is 0 Å². The number of halogens is 1. The van der Waals surface area contributed by atoms with Crippen LogP contribution in [0.25, 0.3) is 0 Å². The van der Waals surface area contributed by atoms with Crippen LogP contribution in [0.1, 0.15) is 10.4 Å². The summed E-state index contributed by atoms with van der Waals surface area (Å²) in [7, 11) is 1.36. The van der Waals surface area contributed by atoms with Crippen molar-refractivity contribution in [2.75, 3.05) is 13.7 Å². The highest BCUT2D eigenvalue weighted by atomic mass is 19.1. The molecule has 1 aromatic carbocycles. The van der Waals surface area contributed by atoms with Gasteiger partial charge in [0.2, 0.25) is 0 Å². The lowest BCUT2D eigenvalue weighted by atomic mass is 10.2. The molecule has 0 unspecified atom stereocenters. The van der Waals surface area contributed by atoms with Crippen molar-refractivity contribution < 1.29 is 13.9 Å². The average molecular weight is 207 g/mol. The number of ether oxygens (including phenoxy) is 1. The minimum atomic E-state index is -0.578. The highest BCUT2D eigenvalue weighted by molar-refractivity contribution is 5.94. The van der Waals surface area contributed by atoms with Crippen LogP contribution in [0.2, 0.25) is 0 Å². The second-order valence-electron chi connectivity index (χ2n) is 2.74. The zero-order valence-corrected chi connectivity index (χ0v) is 8.21. The Labute approximate surface area is 87.2 Å². The molecule has 1 rings (SSSR count). The summed E-state index contributed by atoms with van der Waals surface area (Å²) in [5.74, 6) is 1.37. The molecule has 0 bridgehead atoms. The average Bonchev–Trinajstić information content (AvgIpc) is 2.25. The largest absolute Gasteiger partial charge is 0.494 e. The number of carbonyl (C=O) groups is 1. The summed E-state index contributed by atoms with van der Waals surface area (Å²) < 4.78 is 17.9. The van der Waals surface area contributed by atoms with E-state index in [1.807, 2.05) is 0 Å². The molecule has 1 aromatic rings. The zero-order chi connectivity index (χ0) is 11.3. The van der Waals surface area contributed by atoms with E-state index >= 15 is 0 Å². The van der Waals surface area contributed by atoms with Crippen LogP contribution in [-0.4, -0.2) is 19.6 Å². The number of nitrogens with one attached hydrogen (secondary N) is 1. The maximum atomic E-state index is 13.2. The number of hydrogen-bond donors (Lipinski definition) is 1. The van der Waals surface area contributed by atoms with Gasteiger partial charge in [0.05, 0.1) is 13.7 Å². The van der Waals surface area contributed by atoms with Gasteiger partial charge in [-0.05, 0) is 18.2 Å². The third-order valence-corrected chi connectivity index (χ3v) is 1.76. The summed E-state index contributed by atoms with van der Waals surface area (Å²) in [6.45, 7) is 0.118. The Hall–Kier alpha value is -2.02. The Morgan fingerprint density at radius 1 is 1.67 bits per heavy atom. The quantitative estimate of drug-likeness (QED) is 0.756. The fourth-order valence-electron chi connectivity index (χ4n) is 1.04. The number of hydrogen-bond acceptors (Lipinski definition) is 2. The highest BCUT2D eigenvalue weighted by Crippen LogP contribution is 2.17. The SMILES string of the molecule is C#CCNC(=O)c1ccc(OC)c(F)c1. The van der Waals surface area contributed by atoms with Crippen molar-refractivity contribution in [1.82, 2.24) is 5.32 Å². The van der Waals surface area contributed by atoms with Gasteiger partial charge in [-0.25, -0.2) is 4.39 Å². The molecule has 0 saturated carbocycles. The molecular formula is C11H10FNO2. The van der Waals surface area contributed by atoms with Crippen molar-refractivity contribution >= 4 is 5.91 Å². The number of carbonyl (C=O) groups excluding carboxylic acids is 1. The normalized spacial score (nSPS) is 9.13. The lowest BCUT2D eigenvalue weighted by Gasteiger charge is -2.04. The lowest BCUT2D eigenvalue weighted by Crippen LogP contribution is -2.23. The first kappa shape index (κ1) is 11.1. The number of amides is 1. The second kappa shape index (κ2) is 5.01. The zero-order valence-electron chi connectivity index (χ0n) is 8.21. The Morgan fingerprint density at radius 3 is 2.93 bits per heavy atom. The van der Waals surface area contributed by atoms with Crippen molar-refractivity contribution in [2.24, 2.45) is 0 Å². The molecule has 0 aromatic heterocycles. The third kappa shape index (κ3) is 2.71. The van der Waals surface area contributed by atoms with Gasteiger partial charge in [-0.1, -0.05) is 5.92 Å². The summed E-state index contributed by atoms with van der Waals surface area (Å²) in [5, 5.41) is 2.43. The third-order valence-electron chi connectivity index (χ3n) is 1.76. The molecule has 1 N–H and O–H groups in total. The summed E-state index contributed by atoms with van der Waals surface area (Å²) in [5.41, 5.74) is 0.212. The fraction of sp³-hybridized carbons (Fsp3) is 0.182. The van der Waals surface area contributed by atoms with E-state index in [4.69, 9.17) is 11.2 Å². The predicted molar refractivity (Wildman–Crippen MR) is 54.1 cm³/mol. The minimum Gasteiger partial charge on any atom is -0.494 e. The minimum absolute atomic E-state index is 0.100. The molecule has 0 heterocycles. The first-order chi connectivity index (χ1) is 7.19. The van der Waals surface area contributed by atoms with Crippen molar-refractivity contribution in [2.45, 2.75) is 0 Å². The molecule has 0 aliphatic carbocycles. The number of methoxy groups -OCH3 is 1. The first-order valence-corrected chi connectivity index (χ1v) is 4.24. The maximum absolute atomic E-state index is 13.2. The summed E-state index contributed by atoms with van der Waals surface area (Å²) in [4.78, 5) is 11.3. The standard InChI is InChI=1S/C11H10FNO2/c1-3-6-13-11(14)8-4-5-10(15-2)9(12)7-8/h1,4-5,7H,6H2,2H3,(H,13,14). The molecule has 0 aliphatic heterocycles. The Morgan fingerprint density at radius 2 is 2.40 bits per heavy atom. The van der Waals surface area contributed by atoms with Gasteiger partial charge in [0.1, 0.15) is 0 Å². The van der Waals surface area contributed by atoms with Crippen LogP contribution in [0.3, 0.4) is 0 Å². The Kier molecular flexibility index (Phi) is 3.69. The molecule has 3 nitrogen and oxygen atoms in total. The summed E-state index contributed by atoms with van der Waals surface area (Å²) >= 11 is 0. The van der Waals surface area contributed by atoms with Crippen molar-refractivity contribution in [3.63, 3.8) is 0 Å². The van der Waals surface area contributed by atoms with Crippen LogP contribution in [0, 0.1) is 18.2 Å². The molecule has 0 aliphatic rings. The monoisotopic (exact) mass is 207 g/mol. The van der Waals surface area contributed by atoms with E-state index < -0.39 is 11.7 Å². The summed E-state index contributed by atoms with van der Waals surface area (Å²) in [6.07, 6.45) is 4.97. The molecule has 1 amide bonds. The molecule has 0 fully saturated rings. The first-order valence-electron chi connectivity index (χ1n) is 4.24. The molecule has 0 atom stereocenters.